The molecule has 2 heterocycles. The first-order chi connectivity index (χ1) is 11.1. The molecule has 1 atom stereocenters. The third kappa shape index (κ3) is 6.04. The Hall–Kier alpha value is -2.47. The van der Waals surface area contributed by atoms with Crippen molar-refractivity contribution in [1.82, 2.24) is 15.3 Å². The molecule has 2 rings (SSSR count). The Kier molecular flexibility index (Phi) is 6.50. The van der Waals surface area contributed by atoms with Gasteiger partial charge in [0.2, 0.25) is 11.5 Å². The van der Waals surface area contributed by atoms with Crippen LogP contribution in [0.4, 0.5) is 0 Å². The molecule has 6 nitrogen and oxygen atoms in total. The van der Waals surface area contributed by atoms with Crippen LogP contribution in [0, 0.1) is 0 Å². The van der Waals surface area contributed by atoms with E-state index in [0.29, 0.717) is 12.1 Å². The van der Waals surface area contributed by atoms with Crippen molar-refractivity contribution in [3.8, 4) is 0 Å². The first-order valence-corrected chi connectivity index (χ1v) is 7.68. The number of aliphatic hydroxyl groups excluding tert-OH is 1. The highest BCUT2D eigenvalue weighted by Gasteiger charge is 2.10. The van der Waals surface area contributed by atoms with Gasteiger partial charge in [-0.05, 0) is 37.0 Å². The molecular formula is C17H21N3O3. The van der Waals surface area contributed by atoms with E-state index in [9.17, 15) is 14.7 Å². The van der Waals surface area contributed by atoms with Crippen LogP contribution in [0.2, 0.25) is 0 Å². The third-order valence-electron chi connectivity index (χ3n) is 3.48. The molecule has 0 fully saturated rings. The zero-order valence-electron chi connectivity index (χ0n) is 12.9. The van der Waals surface area contributed by atoms with Crippen molar-refractivity contribution < 1.29 is 9.90 Å². The van der Waals surface area contributed by atoms with Crippen molar-refractivity contribution in [3.05, 3.63) is 64.3 Å². The standard InChI is InChI=1S/C17H21N3O3/c21-15(14-7-3-9-17(23)20-14)12-19-16(22)8-2-1-5-13-6-4-10-18-11-13/h3-4,6-7,9-11,15,21H,1-2,5,8,12H2,(H,19,22)(H,20,23). The van der Waals surface area contributed by atoms with Crippen LogP contribution in [-0.2, 0) is 11.2 Å². The molecule has 0 aliphatic rings. The quantitative estimate of drug-likeness (QED) is 0.641. The SMILES string of the molecule is O=C(CCCCc1cccnc1)NCC(O)c1cccc(=O)[nH]1. The summed E-state index contributed by atoms with van der Waals surface area (Å²) in [5.74, 6) is -0.103. The fraction of sp³-hybridized carbons (Fsp3) is 0.353. The number of rotatable bonds is 8. The summed E-state index contributed by atoms with van der Waals surface area (Å²) < 4.78 is 0. The Balaban J connectivity index is 1.64. The molecule has 0 spiro atoms. The molecule has 23 heavy (non-hydrogen) atoms. The average molecular weight is 315 g/mol. The molecule has 6 heteroatoms. The number of hydrogen-bond donors (Lipinski definition) is 3. The number of hydrogen-bond acceptors (Lipinski definition) is 4. The van der Waals surface area contributed by atoms with Gasteiger partial charge in [0.25, 0.3) is 0 Å². The van der Waals surface area contributed by atoms with Gasteiger partial charge in [0.05, 0.1) is 0 Å². The van der Waals surface area contributed by atoms with E-state index in [1.54, 1.807) is 18.3 Å². The van der Waals surface area contributed by atoms with E-state index in [1.807, 2.05) is 18.3 Å². The van der Waals surface area contributed by atoms with Gasteiger partial charge in [0, 0.05) is 37.1 Å². The first kappa shape index (κ1) is 16.9. The topological polar surface area (TPSA) is 95.1 Å². The van der Waals surface area contributed by atoms with Gasteiger partial charge >= 0.3 is 0 Å². The molecule has 0 radical (unpaired) electrons. The molecular weight excluding hydrogens is 294 g/mol. The molecule has 2 aromatic heterocycles. The van der Waals surface area contributed by atoms with E-state index in [1.165, 1.54) is 6.07 Å². The molecule has 0 aromatic carbocycles. The number of aryl methyl sites for hydroxylation is 1. The summed E-state index contributed by atoms with van der Waals surface area (Å²) in [4.78, 5) is 29.5. The van der Waals surface area contributed by atoms with Crippen molar-refractivity contribution in [2.75, 3.05) is 6.54 Å². The normalized spacial score (nSPS) is 11.9. The van der Waals surface area contributed by atoms with E-state index in [-0.39, 0.29) is 18.0 Å². The molecule has 3 N–H and O–H groups in total. The van der Waals surface area contributed by atoms with E-state index >= 15 is 0 Å². The summed E-state index contributed by atoms with van der Waals surface area (Å²) in [5.41, 5.74) is 1.29. The maximum atomic E-state index is 11.8. The van der Waals surface area contributed by atoms with Crippen molar-refractivity contribution in [2.24, 2.45) is 0 Å². The Bertz CT molecular complexity index is 670. The molecule has 0 aliphatic carbocycles. The number of pyridine rings is 2. The highest BCUT2D eigenvalue weighted by atomic mass is 16.3. The van der Waals surface area contributed by atoms with E-state index < -0.39 is 6.10 Å². The Labute approximate surface area is 134 Å². The van der Waals surface area contributed by atoms with Crippen LogP contribution in [0.25, 0.3) is 0 Å². The summed E-state index contributed by atoms with van der Waals surface area (Å²) >= 11 is 0. The summed E-state index contributed by atoms with van der Waals surface area (Å²) in [5, 5.41) is 12.6. The zero-order chi connectivity index (χ0) is 16.5. The minimum Gasteiger partial charge on any atom is -0.385 e. The van der Waals surface area contributed by atoms with Gasteiger partial charge in [-0.15, -0.1) is 0 Å². The van der Waals surface area contributed by atoms with Crippen LogP contribution >= 0.6 is 0 Å². The molecule has 0 saturated carbocycles. The number of amides is 1. The number of aliphatic hydroxyl groups is 1. The van der Waals surface area contributed by atoms with Crippen molar-refractivity contribution >= 4 is 5.91 Å². The Morgan fingerprint density at radius 1 is 1.26 bits per heavy atom. The smallest absolute Gasteiger partial charge is 0.248 e. The molecule has 2 aromatic rings. The van der Waals surface area contributed by atoms with Gasteiger partial charge in [-0.25, -0.2) is 0 Å². The summed E-state index contributed by atoms with van der Waals surface area (Å²) in [6.45, 7) is 0.0847. The monoisotopic (exact) mass is 315 g/mol. The Morgan fingerprint density at radius 3 is 2.87 bits per heavy atom. The summed E-state index contributed by atoms with van der Waals surface area (Å²) in [6.07, 6.45) is 5.66. The van der Waals surface area contributed by atoms with Gasteiger partial charge in [0.15, 0.2) is 0 Å². The second kappa shape index (κ2) is 8.85. The van der Waals surface area contributed by atoms with E-state index in [4.69, 9.17) is 0 Å². The minimum atomic E-state index is -0.914. The number of nitrogens with one attached hydrogen (secondary N) is 2. The van der Waals surface area contributed by atoms with Gasteiger partial charge in [0.1, 0.15) is 6.10 Å². The number of aromatic amines is 1. The van der Waals surface area contributed by atoms with Crippen LogP contribution in [0.1, 0.15) is 36.6 Å². The van der Waals surface area contributed by atoms with Crippen LogP contribution in [0.5, 0.6) is 0 Å². The van der Waals surface area contributed by atoms with E-state index in [2.05, 4.69) is 15.3 Å². The maximum Gasteiger partial charge on any atom is 0.248 e. The molecule has 0 aliphatic heterocycles. The predicted molar refractivity (Wildman–Crippen MR) is 86.8 cm³/mol. The fourth-order valence-corrected chi connectivity index (χ4v) is 2.23. The lowest BCUT2D eigenvalue weighted by Gasteiger charge is -2.11. The van der Waals surface area contributed by atoms with Crippen molar-refractivity contribution in [3.63, 3.8) is 0 Å². The van der Waals surface area contributed by atoms with Gasteiger partial charge in [-0.3, -0.25) is 14.6 Å². The van der Waals surface area contributed by atoms with Crippen molar-refractivity contribution in [1.29, 1.82) is 0 Å². The molecule has 1 amide bonds. The number of aromatic nitrogens is 2. The van der Waals surface area contributed by atoms with Gasteiger partial charge in [-0.2, -0.15) is 0 Å². The molecule has 0 bridgehead atoms. The second-order valence-corrected chi connectivity index (χ2v) is 5.36. The zero-order valence-corrected chi connectivity index (χ0v) is 12.9. The predicted octanol–water partition coefficient (Wildman–Crippen LogP) is 1.33. The summed E-state index contributed by atoms with van der Waals surface area (Å²) in [7, 11) is 0. The van der Waals surface area contributed by atoms with E-state index in [0.717, 1.165) is 24.8 Å². The summed E-state index contributed by atoms with van der Waals surface area (Å²) in [6, 6.07) is 8.47. The average Bonchev–Trinajstić information content (AvgIpc) is 2.57. The van der Waals surface area contributed by atoms with Gasteiger partial charge < -0.3 is 15.4 Å². The number of unbranched alkanes of at least 4 members (excludes halogenated alkanes) is 1. The lowest BCUT2D eigenvalue weighted by molar-refractivity contribution is -0.121. The Morgan fingerprint density at radius 2 is 2.13 bits per heavy atom. The van der Waals surface area contributed by atoms with Crippen LogP contribution in [0.3, 0.4) is 0 Å². The van der Waals surface area contributed by atoms with Gasteiger partial charge in [-0.1, -0.05) is 12.1 Å². The second-order valence-electron chi connectivity index (χ2n) is 5.36. The lowest BCUT2D eigenvalue weighted by Crippen LogP contribution is -2.29. The first-order valence-electron chi connectivity index (χ1n) is 7.68. The van der Waals surface area contributed by atoms with Crippen LogP contribution in [0.15, 0.2) is 47.5 Å². The number of nitrogens with zero attached hydrogens (tertiary/aromatic N) is 1. The van der Waals surface area contributed by atoms with Crippen molar-refractivity contribution in [2.45, 2.75) is 31.8 Å². The fourth-order valence-electron chi connectivity index (χ4n) is 2.23. The molecule has 0 saturated heterocycles. The molecule has 122 valence electrons. The molecule has 1 unspecified atom stereocenters. The lowest BCUT2D eigenvalue weighted by atomic mass is 10.1. The largest absolute Gasteiger partial charge is 0.385 e. The highest BCUT2D eigenvalue weighted by Crippen LogP contribution is 2.07. The number of carbonyl (C=O) groups excluding carboxylic acids is 1. The third-order valence-corrected chi connectivity index (χ3v) is 3.48. The number of H-pyrrole nitrogens is 1. The minimum absolute atomic E-state index is 0.0847. The van der Waals surface area contributed by atoms with Crippen LogP contribution in [-0.4, -0.2) is 27.5 Å². The highest BCUT2D eigenvalue weighted by molar-refractivity contribution is 5.75. The number of carbonyl (C=O) groups is 1. The van der Waals surface area contributed by atoms with Crippen LogP contribution < -0.4 is 10.9 Å². The maximum absolute atomic E-state index is 11.8.